The second kappa shape index (κ2) is 7.50. The van der Waals surface area contributed by atoms with Crippen LogP contribution in [0.2, 0.25) is 0 Å². The van der Waals surface area contributed by atoms with Crippen molar-refractivity contribution in [2.75, 3.05) is 20.1 Å². The van der Waals surface area contributed by atoms with Gasteiger partial charge in [0.1, 0.15) is 11.6 Å². The fourth-order valence-corrected chi connectivity index (χ4v) is 3.47. The number of rotatable bonds is 4. The number of hydrogen-bond donors (Lipinski definition) is 0. The SMILES string of the molecule is CC(=O)N(C)[C@H]1CCN(C(=O)c2cc(Cc3c(F)cccc3F)n(C)c2)C1. The van der Waals surface area contributed by atoms with Crippen LogP contribution in [0.25, 0.3) is 0 Å². The van der Waals surface area contributed by atoms with Crippen LogP contribution < -0.4 is 0 Å². The lowest BCUT2D eigenvalue weighted by molar-refractivity contribution is -0.129. The van der Waals surface area contributed by atoms with Crippen LogP contribution in [0.3, 0.4) is 0 Å². The van der Waals surface area contributed by atoms with Gasteiger partial charge in [0.05, 0.1) is 11.6 Å². The number of amides is 2. The van der Waals surface area contributed by atoms with E-state index in [4.69, 9.17) is 0 Å². The molecular formula is C20H23F2N3O2. The maximum absolute atomic E-state index is 13.9. The fourth-order valence-electron chi connectivity index (χ4n) is 3.47. The summed E-state index contributed by atoms with van der Waals surface area (Å²) >= 11 is 0. The third-order valence-electron chi connectivity index (χ3n) is 5.27. The van der Waals surface area contributed by atoms with Crippen LogP contribution in [0.4, 0.5) is 8.78 Å². The first-order valence-electron chi connectivity index (χ1n) is 8.88. The molecule has 1 aromatic carbocycles. The molecule has 5 nitrogen and oxygen atoms in total. The zero-order valence-corrected chi connectivity index (χ0v) is 15.7. The van der Waals surface area contributed by atoms with Crippen molar-refractivity contribution in [3.05, 3.63) is 58.9 Å². The summed E-state index contributed by atoms with van der Waals surface area (Å²) in [6.07, 6.45) is 2.48. The topological polar surface area (TPSA) is 45.6 Å². The van der Waals surface area contributed by atoms with E-state index in [0.29, 0.717) is 24.3 Å². The van der Waals surface area contributed by atoms with Crippen LogP contribution in [-0.4, -0.2) is 52.4 Å². The van der Waals surface area contributed by atoms with E-state index in [1.807, 2.05) is 0 Å². The summed E-state index contributed by atoms with van der Waals surface area (Å²) in [5, 5.41) is 0. The van der Waals surface area contributed by atoms with Gasteiger partial charge in [-0.2, -0.15) is 0 Å². The summed E-state index contributed by atoms with van der Waals surface area (Å²) in [5.41, 5.74) is 1.12. The van der Waals surface area contributed by atoms with Crippen LogP contribution >= 0.6 is 0 Å². The summed E-state index contributed by atoms with van der Waals surface area (Å²) < 4.78 is 29.5. The molecule has 1 aliphatic rings. The number of aryl methyl sites for hydroxylation is 1. The van der Waals surface area contributed by atoms with E-state index in [0.717, 1.165) is 6.42 Å². The highest BCUT2D eigenvalue weighted by Crippen LogP contribution is 2.21. The molecule has 1 aliphatic heterocycles. The molecule has 0 N–H and O–H groups in total. The number of likely N-dealkylation sites (tertiary alicyclic amines) is 1. The quantitative estimate of drug-likeness (QED) is 0.825. The van der Waals surface area contributed by atoms with Crippen LogP contribution in [0.1, 0.15) is 35.0 Å². The average Bonchev–Trinajstić information content (AvgIpc) is 3.24. The van der Waals surface area contributed by atoms with Crippen LogP contribution in [-0.2, 0) is 18.3 Å². The van der Waals surface area contributed by atoms with Crippen molar-refractivity contribution >= 4 is 11.8 Å². The summed E-state index contributed by atoms with van der Waals surface area (Å²) in [6.45, 7) is 2.57. The monoisotopic (exact) mass is 375 g/mol. The smallest absolute Gasteiger partial charge is 0.255 e. The van der Waals surface area contributed by atoms with Gasteiger partial charge in [-0.3, -0.25) is 9.59 Å². The molecular weight excluding hydrogens is 352 g/mol. The van der Waals surface area contributed by atoms with E-state index >= 15 is 0 Å². The van der Waals surface area contributed by atoms with E-state index in [9.17, 15) is 18.4 Å². The number of benzene rings is 1. The van der Waals surface area contributed by atoms with Gasteiger partial charge in [0.2, 0.25) is 5.91 Å². The zero-order chi connectivity index (χ0) is 19.7. The Morgan fingerprint density at radius 1 is 1.26 bits per heavy atom. The first kappa shape index (κ1) is 19.1. The molecule has 0 spiro atoms. The van der Waals surface area contributed by atoms with Crippen molar-refractivity contribution < 1.29 is 18.4 Å². The minimum Gasteiger partial charge on any atom is -0.353 e. The molecule has 2 aromatic rings. The minimum atomic E-state index is -0.598. The van der Waals surface area contributed by atoms with Crippen LogP contribution in [0.15, 0.2) is 30.5 Å². The maximum Gasteiger partial charge on any atom is 0.255 e. The van der Waals surface area contributed by atoms with Gasteiger partial charge in [0.25, 0.3) is 5.91 Å². The molecule has 27 heavy (non-hydrogen) atoms. The largest absolute Gasteiger partial charge is 0.353 e. The van der Waals surface area contributed by atoms with Gasteiger partial charge < -0.3 is 14.4 Å². The lowest BCUT2D eigenvalue weighted by Gasteiger charge is -2.23. The van der Waals surface area contributed by atoms with Crippen molar-refractivity contribution in [1.82, 2.24) is 14.4 Å². The van der Waals surface area contributed by atoms with Gasteiger partial charge in [-0.05, 0) is 24.6 Å². The van der Waals surface area contributed by atoms with E-state index in [2.05, 4.69) is 0 Å². The molecule has 1 atom stereocenters. The number of halogens is 2. The van der Waals surface area contributed by atoms with E-state index < -0.39 is 11.6 Å². The first-order valence-corrected chi connectivity index (χ1v) is 8.88. The summed E-state index contributed by atoms with van der Waals surface area (Å²) in [5.74, 6) is -1.36. The normalized spacial score (nSPS) is 16.6. The van der Waals surface area contributed by atoms with Gasteiger partial charge in [0, 0.05) is 58.0 Å². The van der Waals surface area contributed by atoms with E-state index in [1.165, 1.54) is 25.1 Å². The van der Waals surface area contributed by atoms with Gasteiger partial charge in [-0.15, -0.1) is 0 Å². The number of carbonyl (C=O) groups is 2. The number of aromatic nitrogens is 1. The molecule has 0 aliphatic carbocycles. The number of likely N-dealkylation sites (N-methyl/N-ethyl adjacent to an activating group) is 1. The van der Waals surface area contributed by atoms with Crippen molar-refractivity contribution in [2.24, 2.45) is 7.05 Å². The standard InChI is InChI=1S/C20H23F2N3O2/c1-13(26)24(3)15-7-8-25(12-15)20(27)14-9-16(23(2)11-14)10-17-18(21)5-4-6-19(17)22/h4-6,9,11,15H,7-8,10,12H2,1-3H3/t15-/m0/s1. The maximum atomic E-state index is 13.9. The predicted molar refractivity (Wildman–Crippen MR) is 97.3 cm³/mol. The average molecular weight is 375 g/mol. The highest BCUT2D eigenvalue weighted by molar-refractivity contribution is 5.94. The van der Waals surface area contributed by atoms with Crippen molar-refractivity contribution in [2.45, 2.75) is 25.8 Å². The van der Waals surface area contributed by atoms with Gasteiger partial charge >= 0.3 is 0 Å². The lowest BCUT2D eigenvalue weighted by atomic mass is 10.1. The Hall–Kier alpha value is -2.70. The highest BCUT2D eigenvalue weighted by Gasteiger charge is 2.31. The molecule has 1 aromatic heterocycles. The van der Waals surface area contributed by atoms with Crippen LogP contribution in [0.5, 0.6) is 0 Å². The number of carbonyl (C=O) groups excluding carboxylic acids is 2. The number of hydrogen-bond acceptors (Lipinski definition) is 2. The Bertz CT molecular complexity index is 858. The lowest BCUT2D eigenvalue weighted by Crippen LogP contribution is -2.38. The third kappa shape index (κ3) is 3.86. The fraction of sp³-hybridized carbons (Fsp3) is 0.400. The molecule has 0 unspecified atom stereocenters. The molecule has 144 valence electrons. The molecule has 2 amide bonds. The van der Waals surface area contributed by atoms with Crippen LogP contribution in [0, 0.1) is 11.6 Å². The molecule has 2 heterocycles. The Labute approximate surface area is 157 Å². The van der Waals surface area contributed by atoms with Gasteiger partial charge in [-0.1, -0.05) is 6.07 Å². The molecule has 7 heteroatoms. The molecule has 3 rings (SSSR count). The van der Waals surface area contributed by atoms with Gasteiger partial charge in [0.15, 0.2) is 0 Å². The minimum absolute atomic E-state index is 0.0120. The summed E-state index contributed by atoms with van der Waals surface area (Å²) in [7, 11) is 3.49. The van der Waals surface area contributed by atoms with Crippen molar-refractivity contribution in [3.8, 4) is 0 Å². The zero-order valence-electron chi connectivity index (χ0n) is 15.7. The molecule has 0 saturated carbocycles. The Morgan fingerprint density at radius 2 is 1.93 bits per heavy atom. The summed E-state index contributed by atoms with van der Waals surface area (Å²) in [6, 6.07) is 5.47. The molecule has 0 radical (unpaired) electrons. The number of nitrogens with zero attached hydrogens (tertiary/aromatic N) is 3. The first-order chi connectivity index (χ1) is 12.8. The summed E-state index contributed by atoms with van der Waals surface area (Å²) in [4.78, 5) is 27.7. The molecule has 1 fully saturated rings. The van der Waals surface area contributed by atoms with E-state index in [-0.39, 0.29) is 29.8 Å². The second-order valence-electron chi connectivity index (χ2n) is 7.03. The third-order valence-corrected chi connectivity index (χ3v) is 5.27. The van der Waals surface area contributed by atoms with Crippen molar-refractivity contribution in [3.63, 3.8) is 0 Å². The van der Waals surface area contributed by atoms with E-state index in [1.54, 1.807) is 40.7 Å². The van der Waals surface area contributed by atoms with Crippen molar-refractivity contribution in [1.29, 1.82) is 0 Å². The highest BCUT2D eigenvalue weighted by atomic mass is 19.1. The predicted octanol–water partition coefficient (Wildman–Crippen LogP) is 2.59. The van der Waals surface area contributed by atoms with Gasteiger partial charge in [-0.25, -0.2) is 8.78 Å². The second-order valence-corrected chi connectivity index (χ2v) is 7.03. The Morgan fingerprint density at radius 3 is 2.56 bits per heavy atom. The molecule has 1 saturated heterocycles. The Balaban J connectivity index is 1.75. The Kier molecular flexibility index (Phi) is 5.30. The molecule has 0 bridgehead atoms.